The lowest BCUT2D eigenvalue weighted by atomic mass is 9.98. The first kappa shape index (κ1) is 20.4. The van der Waals surface area contributed by atoms with Gasteiger partial charge in [-0.05, 0) is 56.5 Å². The molecule has 1 N–H and O–H groups in total. The molecule has 156 valence electrons. The normalized spacial score (nSPS) is 20.2. The van der Waals surface area contributed by atoms with Gasteiger partial charge in [0.2, 0.25) is 11.8 Å². The summed E-state index contributed by atoms with van der Waals surface area (Å²) in [7, 11) is 0. The van der Waals surface area contributed by atoms with Gasteiger partial charge in [0.15, 0.2) is 0 Å². The summed E-state index contributed by atoms with van der Waals surface area (Å²) >= 11 is 6.11. The Morgan fingerprint density at radius 2 is 1.93 bits per heavy atom. The number of carbonyl (C=O) groups excluding carboxylic acids is 3. The SMILES string of the molecule is Cc1c(Cl)cccc1NC(=O)CCCN1C(=O)c2ccccc2N2C(=O)CCC12C. The third kappa shape index (κ3) is 3.35. The maximum Gasteiger partial charge on any atom is 0.257 e. The second-order valence-electron chi connectivity index (χ2n) is 7.98. The third-order valence-corrected chi connectivity index (χ3v) is 6.48. The Morgan fingerprint density at radius 1 is 1.17 bits per heavy atom. The maximum absolute atomic E-state index is 13.2. The summed E-state index contributed by atoms with van der Waals surface area (Å²) in [5.74, 6) is -0.198. The number of nitrogens with one attached hydrogen (secondary N) is 1. The van der Waals surface area contributed by atoms with Crippen molar-refractivity contribution in [2.24, 2.45) is 0 Å². The van der Waals surface area contributed by atoms with Crippen LogP contribution in [0.25, 0.3) is 0 Å². The molecule has 7 heteroatoms. The van der Waals surface area contributed by atoms with Crippen LogP contribution in [0, 0.1) is 6.92 Å². The van der Waals surface area contributed by atoms with Crippen molar-refractivity contribution in [1.29, 1.82) is 0 Å². The van der Waals surface area contributed by atoms with Crippen molar-refractivity contribution in [3.8, 4) is 0 Å². The maximum atomic E-state index is 13.2. The van der Waals surface area contributed by atoms with Crippen LogP contribution in [0.3, 0.4) is 0 Å². The van der Waals surface area contributed by atoms with Crippen LogP contribution >= 0.6 is 11.6 Å². The van der Waals surface area contributed by atoms with Gasteiger partial charge >= 0.3 is 0 Å². The van der Waals surface area contributed by atoms with Crippen molar-refractivity contribution in [3.05, 3.63) is 58.6 Å². The summed E-state index contributed by atoms with van der Waals surface area (Å²) < 4.78 is 0. The Kier molecular flexibility index (Phi) is 5.28. The van der Waals surface area contributed by atoms with Crippen molar-refractivity contribution in [1.82, 2.24) is 4.90 Å². The number of hydrogen-bond donors (Lipinski definition) is 1. The minimum Gasteiger partial charge on any atom is -0.326 e. The van der Waals surface area contributed by atoms with E-state index in [9.17, 15) is 14.4 Å². The van der Waals surface area contributed by atoms with E-state index >= 15 is 0 Å². The minimum atomic E-state index is -0.692. The summed E-state index contributed by atoms with van der Waals surface area (Å²) in [6.45, 7) is 4.19. The van der Waals surface area contributed by atoms with E-state index in [0.717, 1.165) is 5.56 Å². The van der Waals surface area contributed by atoms with Gasteiger partial charge in [0.05, 0.1) is 11.3 Å². The zero-order valence-corrected chi connectivity index (χ0v) is 17.8. The van der Waals surface area contributed by atoms with Gasteiger partial charge in [0, 0.05) is 30.1 Å². The highest BCUT2D eigenvalue weighted by Crippen LogP contribution is 2.44. The second-order valence-corrected chi connectivity index (χ2v) is 8.39. The van der Waals surface area contributed by atoms with E-state index < -0.39 is 5.66 Å². The smallest absolute Gasteiger partial charge is 0.257 e. The van der Waals surface area contributed by atoms with E-state index in [1.165, 1.54) is 0 Å². The summed E-state index contributed by atoms with van der Waals surface area (Å²) in [4.78, 5) is 41.7. The van der Waals surface area contributed by atoms with Crippen LogP contribution in [-0.2, 0) is 9.59 Å². The second kappa shape index (κ2) is 7.76. The lowest BCUT2D eigenvalue weighted by molar-refractivity contribution is -0.118. The molecule has 1 saturated heterocycles. The number of carbonyl (C=O) groups is 3. The standard InChI is InChI=1S/C23H24ClN3O3/c1-15-17(24)8-5-9-18(15)25-20(28)11-6-14-26-22(30)16-7-3-4-10-19(16)27-21(29)12-13-23(26,27)2/h3-5,7-10H,6,11-14H2,1-2H3,(H,25,28). The summed E-state index contributed by atoms with van der Waals surface area (Å²) in [6.07, 6.45) is 1.75. The van der Waals surface area contributed by atoms with Crippen molar-refractivity contribution in [2.75, 3.05) is 16.8 Å². The molecule has 1 unspecified atom stereocenters. The molecule has 0 radical (unpaired) electrons. The molecule has 0 bridgehead atoms. The summed E-state index contributed by atoms with van der Waals surface area (Å²) in [5, 5.41) is 3.49. The molecule has 0 saturated carbocycles. The number of para-hydroxylation sites is 1. The predicted octanol–water partition coefficient (Wildman–Crippen LogP) is 4.37. The molecule has 2 aliphatic heterocycles. The Bertz CT molecular complexity index is 1040. The number of nitrogens with zero attached hydrogens (tertiary/aromatic N) is 2. The molecule has 2 heterocycles. The fourth-order valence-corrected chi connectivity index (χ4v) is 4.57. The zero-order chi connectivity index (χ0) is 21.5. The van der Waals surface area contributed by atoms with E-state index in [-0.39, 0.29) is 24.1 Å². The van der Waals surface area contributed by atoms with Gasteiger partial charge < -0.3 is 10.2 Å². The lowest BCUT2D eigenvalue weighted by Gasteiger charge is -2.48. The number of benzene rings is 2. The van der Waals surface area contributed by atoms with E-state index in [2.05, 4.69) is 5.32 Å². The monoisotopic (exact) mass is 425 g/mol. The molecule has 2 aromatic carbocycles. The number of fused-ring (bicyclic) bond motifs is 3. The van der Waals surface area contributed by atoms with Gasteiger partial charge in [-0.25, -0.2) is 0 Å². The van der Waals surface area contributed by atoms with Gasteiger partial charge in [-0.3, -0.25) is 19.3 Å². The molecule has 0 spiro atoms. The van der Waals surface area contributed by atoms with Crippen LogP contribution in [0.2, 0.25) is 5.02 Å². The average Bonchev–Trinajstić information content (AvgIpc) is 3.03. The van der Waals surface area contributed by atoms with Crippen molar-refractivity contribution >= 4 is 40.7 Å². The molecule has 2 aliphatic rings. The molecular weight excluding hydrogens is 402 g/mol. The van der Waals surface area contributed by atoms with Crippen LogP contribution in [0.4, 0.5) is 11.4 Å². The van der Waals surface area contributed by atoms with Crippen LogP contribution in [0.5, 0.6) is 0 Å². The molecule has 0 aliphatic carbocycles. The molecule has 2 aromatic rings. The lowest BCUT2D eigenvalue weighted by Crippen LogP contribution is -2.62. The summed E-state index contributed by atoms with van der Waals surface area (Å²) in [6, 6.07) is 12.6. The number of amides is 3. The number of hydrogen-bond acceptors (Lipinski definition) is 3. The van der Waals surface area contributed by atoms with E-state index in [4.69, 9.17) is 11.6 Å². The third-order valence-electron chi connectivity index (χ3n) is 6.07. The van der Waals surface area contributed by atoms with Crippen LogP contribution in [0.1, 0.15) is 48.5 Å². The molecule has 1 fully saturated rings. The van der Waals surface area contributed by atoms with Crippen LogP contribution < -0.4 is 10.2 Å². The Balaban J connectivity index is 1.47. The largest absolute Gasteiger partial charge is 0.326 e. The van der Waals surface area contributed by atoms with Crippen molar-refractivity contribution in [2.45, 2.75) is 45.2 Å². The zero-order valence-electron chi connectivity index (χ0n) is 17.1. The molecule has 1 atom stereocenters. The topological polar surface area (TPSA) is 69.7 Å². The molecule has 4 rings (SSSR count). The number of rotatable bonds is 5. The highest BCUT2D eigenvalue weighted by Gasteiger charge is 2.52. The first-order chi connectivity index (χ1) is 14.3. The van der Waals surface area contributed by atoms with E-state index in [0.29, 0.717) is 47.8 Å². The van der Waals surface area contributed by atoms with Gasteiger partial charge in [-0.2, -0.15) is 0 Å². The van der Waals surface area contributed by atoms with Crippen LogP contribution in [0.15, 0.2) is 42.5 Å². The highest BCUT2D eigenvalue weighted by atomic mass is 35.5. The van der Waals surface area contributed by atoms with Crippen molar-refractivity contribution in [3.63, 3.8) is 0 Å². The minimum absolute atomic E-state index is 0.0247. The molecule has 3 amide bonds. The quantitative estimate of drug-likeness (QED) is 0.773. The van der Waals surface area contributed by atoms with E-state index in [1.54, 1.807) is 34.1 Å². The Morgan fingerprint density at radius 3 is 2.73 bits per heavy atom. The average molecular weight is 426 g/mol. The first-order valence-electron chi connectivity index (χ1n) is 10.1. The molecular formula is C23H24ClN3O3. The van der Waals surface area contributed by atoms with Crippen molar-refractivity contribution < 1.29 is 14.4 Å². The molecule has 30 heavy (non-hydrogen) atoms. The van der Waals surface area contributed by atoms with Gasteiger partial charge in [-0.1, -0.05) is 29.8 Å². The summed E-state index contributed by atoms with van der Waals surface area (Å²) in [5.41, 5.74) is 2.03. The molecule has 6 nitrogen and oxygen atoms in total. The number of halogens is 1. The fraction of sp³-hybridized carbons (Fsp3) is 0.348. The highest BCUT2D eigenvalue weighted by molar-refractivity contribution is 6.31. The van der Waals surface area contributed by atoms with Gasteiger partial charge in [0.25, 0.3) is 5.91 Å². The first-order valence-corrected chi connectivity index (χ1v) is 10.5. The Hall–Kier alpha value is -2.86. The van der Waals surface area contributed by atoms with E-state index in [1.807, 2.05) is 32.0 Å². The fourth-order valence-electron chi connectivity index (χ4n) is 4.39. The van der Waals surface area contributed by atoms with Gasteiger partial charge in [0.1, 0.15) is 5.66 Å². The van der Waals surface area contributed by atoms with Crippen LogP contribution in [-0.4, -0.2) is 34.8 Å². The number of anilines is 2. The molecule has 0 aromatic heterocycles. The predicted molar refractivity (Wildman–Crippen MR) is 117 cm³/mol. The Labute approximate surface area is 180 Å². The van der Waals surface area contributed by atoms with Gasteiger partial charge in [-0.15, -0.1) is 0 Å².